The number of carbonyl (C=O) groups is 2. The van der Waals surface area contributed by atoms with E-state index in [9.17, 15) is 9.59 Å². The van der Waals surface area contributed by atoms with Gasteiger partial charge in [0.05, 0.1) is 19.3 Å². The molecule has 1 amide bonds. The normalized spacial score (nSPS) is 17.8. The lowest BCUT2D eigenvalue weighted by molar-refractivity contribution is 0.0696. The lowest BCUT2D eigenvalue weighted by Gasteiger charge is -2.11. The maximum atomic E-state index is 12.0. The molecule has 6 heteroatoms. The fourth-order valence-corrected chi connectivity index (χ4v) is 2.05. The first-order chi connectivity index (χ1) is 9.60. The zero-order valence-corrected chi connectivity index (χ0v) is 11.2. The number of ether oxygens (including phenoxy) is 2. The summed E-state index contributed by atoms with van der Waals surface area (Å²) in [4.78, 5) is 23.1. The number of carbonyl (C=O) groups excluding carboxylic acids is 1. The molecular weight excluding hydrogens is 262 g/mol. The van der Waals surface area contributed by atoms with Crippen molar-refractivity contribution in [2.24, 2.45) is 5.92 Å². The Bertz CT molecular complexity index is 508. The molecule has 1 aromatic carbocycles. The van der Waals surface area contributed by atoms with E-state index in [-0.39, 0.29) is 17.0 Å². The largest absolute Gasteiger partial charge is 0.497 e. The van der Waals surface area contributed by atoms with Crippen LogP contribution in [0.5, 0.6) is 5.75 Å². The van der Waals surface area contributed by atoms with E-state index in [0.717, 1.165) is 13.0 Å². The quantitative estimate of drug-likeness (QED) is 0.845. The molecule has 0 saturated carbocycles. The summed E-state index contributed by atoms with van der Waals surface area (Å²) in [5.74, 6) is -0.733. The number of carboxylic acids is 1. The van der Waals surface area contributed by atoms with Crippen molar-refractivity contribution in [3.05, 3.63) is 29.3 Å². The molecule has 1 aliphatic heterocycles. The Morgan fingerprint density at radius 2 is 2.15 bits per heavy atom. The maximum Gasteiger partial charge on any atom is 0.335 e. The first-order valence-electron chi connectivity index (χ1n) is 6.38. The molecule has 0 aromatic heterocycles. The molecule has 0 radical (unpaired) electrons. The van der Waals surface area contributed by atoms with E-state index in [2.05, 4.69) is 5.32 Å². The molecule has 20 heavy (non-hydrogen) atoms. The van der Waals surface area contributed by atoms with Crippen LogP contribution < -0.4 is 10.1 Å². The van der Waals surface area contributed by atoms with Gasteiger partial charge >= 0.3 is 5.97 Å². The Labute approximate surface area is 116 Å². The lowest BCUT2D eigenvalue weighted by Crippen LogP contribution is -2.29. The third kappa shape index (κ3) is 3.48. The van der Waals surface area contributed by atoms with Crippen molar-refractivity contribution < 1.29 is 24.2 Å². The summed E-state index contributed by atoms with van der Waals surface area (Å²) in [5, 5.41) is 11.8. The summed E-state index contributed by atoms with van der Waals surface area (Å²) in [6, 6.07) is 4.24. The van der Waals surface area contributed by atoms with Crippen molar-refractivity contribution in [2.75, 3.05) is 26.9 Å². The van der Waals surface area contributed by atoms with E-state index in [4.69, 9.17) is 14.6 Å². The molecule has 6 nitrogen and oxygen atoms in total. The Balaban J connectivity index is 2.07. The van der Waals surface area contributed by atoms with Crippen LogP contribution in [-0.2, 0) is 4.74 Å². The van der Waals surface area contributed by atoms with Crippen molar-refractivity contribution in [1.82, 2.24) is 5.32 Å². The Morgan fingerprint density at radius 1 is 1.40 bits per heavy atom. The van der Waals surface area contributed by atoms with Gasteiger partial charge in [-0.15, -0.1) is 0 Å². The van der Waals surface area contributed by atoms with Crippen LogP contribution in [0.2, 0.25) is 0 Å². The van der Waals surface area contributed by atoms with Crippen LogP contribution in [0.15, 0.2) is 18.2 Å². The van der Waals surface area contributed by atoms with Crippen LogP contribution in [-0.4, -0.2) is 43.9 Å². The summed E-state index contributed by atoms with van der Waals surface area (Å²) >= 11 is 0. The van der Waals surface area contributed by atoms with Gasteiger partial charge in [0, 0.05) is 24.6 Å². The molecule has 0 aliphatic carbocycles. The molecule has 0 unspecified atom stereocenters. The average Bonchev–Trinajstić information content (AvgIpc) is 2.97. The molecule has 108 valence electrons. The predicted molar refractivity (Wildman–Crippen MR) is 71.2 cm³/mol. The summed E-state index contributed by atoms with van der Waals surface area (Å²) in [6.07, 6.45) is 0.929. The van der Waals surface area contributed by atoms with E-state index < -0.39 is 5.97 Å². The van der Waals surface area contributed by atoms with E-state index in [1.165, 1.54) is 25.3 Å². The van der Waals surface area contributed by atoms with Crippen molar-refractivity contribution in [3.8, 4) is 5.75 Å². The molecule has 1 fully saturated rings. The molecule has 0 spiro atoms. The maximum absolute atomic E-state index is 12.0. The monoisotopic (exact) mass is 279 g/mol. The molecular formula is C14H17NO5. The highest BCUT2D eigenvalue weighted by atomic mass is 16.5. The van der Waals surface area contributed by atoms with E-state index >= 15 is 0 Å². The van der Waals surface area contributed by atoms with Gasteiger partial charge < -0.3 is 19.9 Å². The second-order valence-corrected chi connectivity index (χ2v) is 4.69. The highest BCUT2D eigenvalue weighted by molar-refractivity contribution is 5.98. The lowest BCUT2D eigenvalue weighted by atomic mass is 10.1. The summed E-state index contributed by atoms with van der Waals surface area (Å²) in [6.45, 7) is 1.90. The zero-order chi connectivity index (χ0) is 14.5. The van der Waals surface area contributed by atoms with Crippen LogP contribution >= 0.6 is 0 Å². The molecule has 1 atom stereocenters. The second kappa shape index (κ2) is 6.38. The van der Waals surface area contributed by atoms with Gasteiger partial charge in [0.25, 0.3) is 5.91 Å². The van der Waals surface area contributed by atoms with Gasteiger partial charge in [-0.3, -0.25) is 4.79 Å². The fraction of sp³-hybridized carbons (Fsp3) is 0.429. The van der Waals surface area contributed by atoms with Crippen LogP contribution in [0.4, 0.5) is 0 Å². The number of methoxy groups -OCH3 is 1. The Morgan fingerprint density at radius 3 is 2.75 bits per heavy atom. The van der Waals surface area contributed by atoms with Gasteiger partial charge in [0.1, 0.15) is 5.75 Å². The van der Waals surface area contributed by atoms with Crippen molar-refractivity contribution in [2.45, 2.75) is 6.42 Å². The topological polar surface area (TPSA) is 84.9 Å². The molecule has 1 aromatic rings. The van der Waals surface area contributed by atoms with Crippen LogP contribution in [0.1, 0.15) is 27.1 Å². The third-order valence-electron chi connectivity index (χ3n) is 3.23. The van der Waals surface area contributed by atoms with Crippen LogP contribution in [0.3, 0.4) is 0 Å². The molecule has 1 aliphatic rings. The van der Waals surface area contributed by atoms with Crippen LogP contribution in [0.25, 0.3) is 0 Å². The number of hydrogen-bond acceptors (Lipinski definition) is 4. The average molecular weight is 279 g/mol. The van der Waals surface area contributed by atoms with Gasteiger partial charge in [-0.25, -0.2) is 4.79 Å². The predicted octanol–water partition coefficient (Wildman–Crippen LogP) is 1.16. The van der Waals surface area contributed by atoms with Crippen molar-refractivity contribution >= 4 is 11.9 Å². The number of carboxylic acid groups (broad SMARTS) is 1. The Kier molecular flexibility index (Phi) is 4.57. The summed E-state index contributed by atoms with van der Waals surface area (Å²) in [5.41, 5.74) is 0.305. The molecule has 1 heterocycles. The number of rotatable bonds is 5. The van der Waals surface area contributed by atoms with E-state index in [1.54, 1.807) is 0 Å². The minimum Gasteiger partial charge on any atom is -0.497 e. The number of hydrogen-bond donors (Lipinski definition) is 2. The number of aromatic carboxylic acids is 1. The zero-order valence-electron chi connectivity index (χ0n) is 11.2. The first kappa shape index (κ1) is 14.3. The first-order valence-corrected chi connectivity index (χ1v) is 6.38. The summed E-state index contributed by atoms with van der Waals surface area (Å²) < 4.78 is 10.2. The van der Waals surface area contributed by atoms with E-state index in [1.807, 2.05) is 0 Å². The van der Waals surface area contributed by atoms with Gasteiger partial charge in [-0.05, 0) is 24.6 Å². The summed E-state index contributed by atoms with van der Waals surface area (Å²) in [7, 11) is 1.43. The van der Waals surface area contributed by atoms with Crippen molar-refractivity contribution in [3.63, 3.8) is 0 Å². The van der Waals surface area contributed by atoms with E-state index in [0.29, 0.717) is 24.8 Å². The van der Waals surface area contributed by atoms with Gasteiger partial charge in [-0.2, -0.15) is 0 Å². The minimum absolute atomic E-state index is 0.0266. The molecule has 2 N–H and O–H groups in total. The van der Waals surface area contributed by atoms with Crippen LogP contribution in [0, 0.1) is 5.92 Å². The highest BCUT2D eigenvalue weighted by Gasteiger charge is 2.18. The highest BCUT2D eigenvalue weighted by Crippen LogP contribution is 2.17. The SMILES string of the molecule is COc1cc(C(=O)O)cc(C(=O)NC[C@H]2CCOC2)c1. The second-order valence-electron chi connectivity index (χ2n) is 4.69. The molecule has 1 saturated heterocycles. The smallest absolute Gasteiger partial charge is 0.335 e. The number of amides is 1. The molecule has 2 rings (SSSR count). The number of nitrogens with one attached hydrogen (secondary N) is 1. The van der Waals surface area contributed by atoms with Gasteiger partial charge in [0.2, 0.25) is 0 Å². The third-order valence-corrected chi connectivity index (χ3v) is 3.23. The minimum atomic E-state index is -1.10. The van der Waals surface area contributed by atoms with Gasteiger partial charge in [0.15, 0.2) is 0 Å². The molecule has 0 bridgehead atoms. The number of benzene rings is 1. The van der Waals surface area contributed by atoms with Gasteiger partial charge in [-0.1, -0.05) is 0 Å². The van der Waals surface area contributed by atoms with Crippen molar-refractivity contribution in [1.29, 1.82) is 0 Å². The standard InChI is InChI=1S/C14H17NO5/c1-19-12-5-10(4-11(6-12)14(17)18)13(16)15-7-9-2-3-20-8-9/h4-6,9H,2-3,7-8H2,1H3,(H,15,16)(H,17,18)/t9-/m1/s1. The fourth-order valence-electron chi connectivity index (χ4n) is 2.05. The Hall–Kier alpha value is -2.08.